The van der Waals surface area contributed by atoms with E-state index in [2.05, 4.69) is 15.5 Å². The van der Waals surface area contributed by atoms with Gasteiger partial charge in [0.1, 0.15) is 0 Å². The van der Waals surface area contributed by atoms with E-state index in [1.54, 1.807) is 4.57 Å². The van der Waals surface area contributed by atoms with E-state index < -0.39 is 0 Å². The lowest BCUT2D eigenvalue weighted by molar-refractivity contribution is 0.427. The molecule has 0 saturated heterocycles. The molecule has 0 atom stereocenters. The Hall–Kier alpha value is -1.95. The Balaban J connectivity index is 2.48. The van der Waals surface area contributed by atoms with Gasteiger partial charge in [0.25, 0.3) is 0 Å². The number of nitrogens with one attached hydrogen (secondary N) is 1. The van der Waals surface area contributed by atoms with Gasteiger partial charge in [-0.3, -0.25) is 0 Å². The second-order valence-electron chi connectivity index (χ2n) is 3.97. The van der Waals surface area contributed by atoms with Gasteiger partial charge in [0.2, 0.25) is 11.0 Å². The average Bonchev–Trinajstić information content (AvgIpc) is 2.68. The van der Waals surface area contributed by atoms with E-state index in [0.717, 1.165) is 10.9 Å². The summed E-state index contributed by atoms with van der Waals surface area (Å²) in [5, 5.41) is 22.3. The lowest BCUT2D eigenvalue weighted by Crippen LogP contribution is -2.17. The highest BCUT2D eigenvalue weighted by Crippen LogP contribution is 2.38. The van der Waals surface area contributed by atoms with Gasteiger partial charge in [-0.2, -0.15) is 0 Å². The zero-order valence-corrected chi connectivity index (χ0v) is 11.7. The van der Waals surface area contributed by atoms with Crippen LogP contribution in [0.2, 0.25) is 0 Å². The first kappa shape index (κ1) is 13.5. The molecule has 100 valence electrons. The molecule has 0 amide bonds. The van der Waals surface area contributed by atoms with Crippen molar-refractivity contribution in [1.29, 1.82) is 0 Å². The summed E-state index contributed by atoms with van der Waals surface area (Å²) < 4.78 is 1.79. The fourth-order valence-electron chi connectivity index (χ4n) is 1.97. The predicted octanol–water partition coefficient (Wildman–Crippen LogP) is 3.34. The number of rotatable bonds is 3. The van der Waals surface area contributed by atoms with Crippen molar-refractivity contribution in [3.05, 3.63) is 24.3 Å². The second kappa shape index (κ2) is 5.79. The predicted molar refractivity (Wildman–Crippen MR) is 80.1 cm³/mol. The number of fused-ring (bicyclic) bond motifs is 1. The van der Waals surface area contributed by atoms with E-state index in [4.69, 9.17) is 12.2 Å². The van der Waals surface area contributed by atoms with Crippen LogP contribution in [0.4, 0.5) is 5.69 Å². The van der Waals surface area contributed by atoms with Gasteiger partial charge in [-0.05, 0) is 32.1 Å². The van der Waals surface area contributed by atoms with Crippen LogP contribution >= 0.6 is 12.2 Å². The van der Waals surface area contributed by atoms with Crippen molar-refractivity contribution in [1.82, 2.24) is 9.88 Å². The van der Waals surface area contributed by atoms with Crippen LogP contribution in [0.15, 0.2) is 34.5 Å². The van der Waals surface area contributed by atoms with Gasteiger partial charge >= 0.3 is 0 Å². The molecule has 0 spiro atoms. The number of benzene rings is 1. The van der Waals surface area contributed by atoms with Gasteiger partial charge < -0.3 is 15.0 Å². The highest BCUT2D eigenvalue weighted by atomic mass is 32.1. The highest BCUT2D eigenvalue weighted by molar-refractivity contribution is 7.80. The molecule has 2 N–H and O–H groups in total. The molecule has 0 aliphatic rings. The molecule has 0 saturated carbocycles. The third kappa shape index (κ3) is 2.58. The molecule has 0 aliphatic heterocycles. The molecule has 19 heavy (non-hydrogen) atoms. The Labute approximate surface area is 117 Å². The summed E-state index contributed by atoms with van der Waals surface area (Å²) in [5.74, 6) is 0.117. The van der Waals surface area contributed by atoms with Crippen LogP contribution in [-0.2, 0) is 6.54 Å². The molecule has 0 fully saturated rings. The Morgan fingerprint density at radius 3 is 2.79 bits per heavy atom. The minimum atomic E-state index is 0.117. The maximum atomic E-state index is 10.2. The highest BCUT2D eigenvalue weighted by Gasteiger charge is 2.14. The standard InChI is InChI=1S/C13H16N4OS/c1-3-14-13(19)16-15-11-9-7-5-6-8-10(9)17(4-2)12(11)18/h5-8,18H,3-4H2,1-2H3,(H,14,19). The summed E-state index contributed by atoms with van der Waals surface area (Å²) in [6.07, 6.45) is 0. The van der Waals surface area contributed by atoms with Gasteiger partial charge in [-0.15, -0.1) is 10.2 Å². The van der Waals surface area contributed by atoms with Gasteiger partial charge in [0.05, 0.1) is 5.52 Å². The Kier molecular flexibility index (Phi) is 4.11. The molecule has 0 bridgehead atoms. The third-order valence-corrected chi connectivity index (χ3v) is 3.03. The van der Waals surface area contributed by atoms with Gasteiger partial charge in [0, 0.05) is 18.5 Å². The number of aryl methyl sites for hydroxylation is 1. The first-order valence-electron chi connectivity index (χ1n) is 6.18. The van der Waals surface area contributed by atoms with Crippen LogP contribution in [0.1, 0.15) is 13.8 Å². The van der Waals surface area contributed by atoms with E-state index in [9.17, 15) is 5.11 Å². The van der Waals surface area contributed by atoms with Crippen molar-refractivity contribution in [2.75, 3.05) is 6.54 Å². The molecule has 2 rings (SSSR count). The van der Waals surface area contributed by atoms with Gasteiger partial charge in [-0.25, -0.2) is 0 Å². The molecule has 2 aromatic rings. The average molecular weight is 276 g/mol. The number of aromatic nitrogens is 1. The van der Waals surface area contributed by atoms with Gasteiger partial charge in [0.15, 0.2) is 5.69 Å². The molecular weight excluding hydrogens is 260 g/mol. The number of nitrogens with zero attached hydrogens (tertiary/aromatic N) is 3. The summed E-state index contributed by atoms with van der Waals surface area (Å²) in [6.45, 7) is 5.26. The Morgan fingerprint density at radius 2 is 2.11 bits per heavy atom. The maximum Gasteiger partial charge on any atom is 0.220 e. The normalized spacial score (nSPS) is 11.3. The number of hydrogen-bond acceptors (Lipinski definition) is 3. The van der Waals surface area contributed by atoms with E-state index in [-0.39, 0.29) is 5.88 Å². The lowest BCUT2D eigenvalue weighted by atomic mass is 10.2. The number of hydrogen-bond donors (Lipinski definition) is 2. The van der Waals surface area contributed by atoms with Crippen LogP contribution in [0.3, 0.4) is 0 Å². The van der Waals surface area contributed by atoms with Crippen LogP contribution in [0.5, 0.6) is 5.88 Å². The van der Waals surface area contributed by atoms with Gasteiger partial charge in [-0.1, -0.05) is 18.2 Å². The Morgan fingerprint density at radius 1 is 1.37 bits per heavy atom. The van der Waals surface area contributed by atoms with E-state index in [0.29, 0.717) is 23.9 Å². The number of azo groups is 1. The smallest absolute Gasteiger partial charge is 0.220 e. The Bertz CT molecular complexity index is 633. The summed E-state index contributed by atoms with van der Waals surface area (Å²) >= 11 is 4.99. The number of para-hydroxylation sites is 1. The van der Waals surface area contributed by atoms with E-state index >= 15 is 0 Å². The number of thiocarbonyl (C=S) groups is 1. The van der Waals surface area contributed by atoms with E-state index in [1.165, 1.54) is 0 Å². The molecule has 5 nitrogen and oxygen atoms in total. The lowest BCUT2D eigenvalue weighted by Gasteiger charge is -2.01. The van der Waals surface area contributed by atoms with Crippen LogP contribution in [0.25, 0.3) is 10.9 Å². The van der Waals surface area contributed by atoms with Crippen molar-refractivity contribution in [3.8, 4) is 5.88 Å². The molecule has 0 aliphatic carbocycles. The van der Waals surface area contributed by atoms with Crippen molar-refractivity contribution in [2.24, 2.45) is 10.2 Å². The van der Waals surface area contributed by atoms with Crippen LogP contribution < -0.4 is 5.32 Å². The molecular formula is C13H16N4OS. The SMILES string of the molecule is CCNC(=S)N=Nc1c(O)n(CC)c2ccccc12. The topological polar surface area (TPSA) is 61.9 Å². The third-order valence-electron chi connectivity index (χ3n) is 2.80. The number of aromatic hydroxyl groups is 1. The zero-order chi connectivity index (χ0) is 13.8. The second-order valence-corrected chi connectivity index (χ2v) is 4.36. The quantitative estimate of drug-likeness (QED) is 0.667. The zero-order valence-electron chi connectivity index (χ0n) is 10.9. The van der Waals surface area contributed by atoms with Crippen LogP contribution in [-0.4, -0.2) is 21.3 Å². The monoisotopic (exact) mass is 276 g/mol. The molecule has 1 heterocycles. The fraction of sp³-hybridized carbons (Fsp3) is 0.308. The van der Waals surface area contributed by atoms with Crippen LogP contribution in [0, 0.1) is 0 Å². The van der Waals surface area contributed by atoms with Crippen molar-refractivity contribution in [3.63, 3.8) is 0 Å². The van der Waals surface area contributed by atoms with Crippen molar-refractivity contribution >= 4 is 33.9 Å². The summed E-state index contributed by atoms with van der Waals surface area (Å²) in [5.41, 5.74) is 1.39. The summed E-state index contributed by atoms with van der Waals surface area (Å²) in [4.78, 5) is 0. The summed E-state index contributed by atoms with van der Waals surface area (Å²) in [7, 11) is 0. The molecule has 6 heteroatoms. The maximum absolute atomic E-state index is 10.2. The largest absolute Gasteiger partial charge is 0.493 e. The van der Waals surface area contributed by atoms with E-state index in [1.807, 2.05) is 38.1 Å². The van der Waals surface area contributed by atoms with Crippen molar-refractivity contribution < 1.29 is 5.11 Å². The molecule has 0 unspecified atom stereocenters. The first-order chi connectivity index (χ1) is 9.19. The minimum Gasteiger partial charge on any atom is -0.493 e. The summed E-state index contributed by atoms with van der Waals surface area (Å²) in [6, 6.07) is 7.69. The van der Waals surface area contributed by atoms with Crippen molar-refractivity contribution in [2.45, 2.75) is 20.4 Å². The minimum absolute atomic E-state index is 0.117. The molecule has 0 radical (unpaired) electrons. The fourth-order valence-corrected chi connectivity index (χ4v) is 2.16. The molecule has 1 aromatic carbocycles. The first-order valence-corrected chi connectivity index (χ1v) is 6.59. The molecule has 1 aromatic heterocycles.